The van der Waals surface area contributed by atoms with Gasteiger partial charge >= 0.3 is 5.69 Å². The maximum absolute atomic E-state index is 12.4. The first kappa shape index (κ1) is 24.0. The van der Waals surface area contributed by atoms with Crippen LogP contribution in [0.1, 0.15) is 52.6 Å². The Morgan fingerprint density at radius 3 is 2.29 bits per heavy atom. The molecule has 3 N–H and O–H groups in total. The summed E-state index contributed by atoms with van der Waals surface area (Å²) in [6, 6.07) is 7.95. The molecule has 3 heterocycles. The number of amides is 2. The van der Waals surface area contributed by atoms with Crippen molar-refractivity contribution in [1.82, 2.24) is 14.5 Å². The van der Waals surface area contributed by atoms with Crippen molar-refractivity contribution in [2.24, 2.45) is 0 Å². The Hall–Kier alpha value is -3.12. The number of carbonyl (C=O) groups is 2. The predicted molar refractivity (Wildman–Crippen MR) is 118 cm³/mol. The zero-order valence-corrected chi connectivity index (χ0v) is 18.5. The van der Waals surface area contributed by atoms with E-state index >= 15 is 0 Å². The molecule has 2 aromatic rings. The fraction of sp³-hybridized carbons (Fsp3) is 0.478. The fourth-order valence-electron chi connectivity index (χ4n) is 4.29. The SMILES string of the molecule is O=C1c2ccccc2C(=O)N1CCCCCCOC1C(O)C(CO)O[C@H]1n1ccc(=O)[nH]c1=O. The second kappa shape index (κ2) is 10.4. The molecule has 1 fully saturated rings. The van der Waals surface area contributed by atoms with E-state index in [2.05, 4.69) is 4.98 Å². The highest BCUT2D eigenvalue weighted by molar-refractivity contribution is 6.21. The average Bonchev–Trinajstić information content (AvgIpc) is 3.27. The van der Waals surface area contributed by atoms with Crippen LogP contribution in [0.5, 0.6) is 0 Å². The van der Waals surface area contributed by atoms with Crippen LogP contribution in [-0.2, 0) is 9.47 Å². The monoisotopic (exact) mass is 473 g/mol. The van der Waals surface area contributed by atoms with Crippen molar-refractivity contribution in [3.8, 4) is 0 Å². The van der Waals surface area contributed by atoms with Crippen molar-refractivity contribution in [2.45, 2.75) is 50.2 Å². The topological polar surface area (TPSA) is 151 Å². The van der Waals surface area contributed by atoms with Gasteiger partial charge in [-0.25, -0.2) is 4.79 Å². The van der Waals surface area contributed by atoms with E-state index in [1.165, 1.54) is 11.1 Å². The van der Waals surface area contributed by atoms with Crippen LogP contribution in [0.2, 0.25) is 0 Å². The summed E-state index contributed by atoms with van der Waals surface area (Å²) in [6.45, 7) is 0.163. The molecule has 4 atom stereocenters. The van der Waals surface area contributed by atoms with Crippen molar-refractivity contribution in [2.75, 3.05) is 19.8 Å². The lowest BCUT2D eigenvalue weighted by molar-refractivity contribution is -0.0749. The highest BCUT2D eigenvalue weighted by Gasteiger charge is 2.45. The molecule has 11 heteroatoms. The van der Waals surface area contributed by atoms with Gasteiger partial charge in [0.25, 0.3) is 17.4 Å². The Kier molecular flexibility index (Phi) is 7.37. The number of aromatic nitrogens is 2. The first-order valence-electron chi connectivity index (χ1n) is 11.2. The van der Waals surface area contributed by atoms with Gasteiger partial charge in [-0.3, -0.25) is 28.8 Å². The number of hydrogen-bond acceptors (Lipinski definition) is 8. The quantitative estimate of drug-likeness (QED) is 0.323. The summed E-state index contributed by atoms with van der Waals surface area (Å²) >= 11 is 0. The van der Waals surface area contributed by atoms with E-state index in [-0.39, 0.29) is 18.4 Å². The largest absolute Gasteiger partial charge is 0.394 e. The van der Waals surface area contributed by atoms with Crippen molar-refractivity contribution in [3.63, 3.8) is 0 Å². The summed E-state index contributed by atoms with van der Waals surface area (Å²) in [6.07, 6.45) is 0.113. The van der Waals surface area contributed by atoms with E-state index < -0.39 is 42.4 Å². The zero-order valence-electron chi connectivity index (χ0n) is 18.5. The number of H-pyrrole nitrogens is 1. The maximum atomic E-state index is 12.4. The Balaban J connectivity index is 1.23. The molecular weight excluding hydrogens is 446 g/mol. The molecule has 0 radical (unpaired) electrons. The summed E-state index contributed by atoms with van der Waals surface area (Å²) < 4.78 is 12.5. The molecule has 11 nitrogen and oxygen atoms in total. The molecule has 2 aliphatic rings. The molecule has 0 spiro atoms. The van der Waals surface area contributed by atoms with Gasteiger partial charge in [0, 0.05) is 25.4 Å². The lowest BCUT2D eigenvalue weighted by Gasteiger charge is -2.22. The van der Waals surface area contributed by atoms with Crippen LogP contribution < -0.4 is 11.2 Å². The van der Waals surface area contributed by atoms with E-state index in [4.69, 9.17) is 9.47 Å². The Morgan fingerprint density at radius 2 is 1.65 bits per heavy atom. The normalized spacial score (nSPS) is 24.1. The van der Waals surface area contributed by atoms with Crippen LogP contribution in [0.15, 0.2) is 46.1 Å². The number of carbonyl (C=O) groups excluding carboxylic acids is 2. The molecule has 182 valence electrons. The molecule has 0 bridgehead atoms. The fourth-order valence-corrected chi connectivity index (χ4v) is 4.29. The highest BCUT2D eigenvalue weighted by atomic mass is 16.6. The van der Waals surface area contributed by atoms with Crippen molar-refractivity contribution in [1.29, 1.82) is 0 Å². The molecule has 1 aromatic heterocycles. The Labute approximate surface area is 194 Å². The van der Waals surface area contributed by atoms with Crippen molar-refractivity contribution < 1.29 is 29.3 Å². The minimum atomic E-state index is -1.15. The molecule has 1 aromatic carbocycles. The molecular formula is C23H27N3O8. The van der Waals surface area contributed by atoms with E-state index in [0.717, 1.165) is 23.5 Å². The van der Waals surface area contributed by atoms with Gasteiger partial charge in [-0.1, -0.05) is 25.0 Å². The maximum Gasteiger partial charge on any atom is 0.330 e. The van der Waals surface area contributed by atoms with E-state index in [9.17, 15) is 29.4 Å². The summed E-state index contributed by atoms with van der Waals surface area (Å²) in [5.74, 6) is -0.526. The number of aromatic amines is 1. The number of benzene rings is 1. The van der Waals surface area contributed by atoms with Gasteiger partial charge in [-0.05, 0) is 25.0 Å². The van der Waals surface area contributed by atoms with Crippen molar-refractivity contribution in [3.05, 3.63) is 68.5 Å². The number of unbranched alkanes of at least 4 members (excludes halogenated alkanes) is 3. The minimum Gasteiger partial charge on any atom is -0.394 e. The third-order valence-electron chi connectivity index (χ3n) is 6.08. The zero-order chi connectivity index (χ0) is 24.2. The van der Waals surface area contributed by atoms with Crippen LogP contribution in [-0.4, -0.2) is 74.5 Å². The van der Waals surface area contributed by atoms with E-state index in [1.807, 2.05) is 0 Å². The molecule has 1 saturated heterocycles. The highest BCUT2D eigenvalue weighted by Crippen LogP contribution is 2.31. The third kappa shape index (κ3) is 4.73. The van der Waals surface area contributed by atoms with Gasteiger partial charge < -0.3 is 19.7 Å². The first-order valence-corrected chi connectivity index (χ1v) is 11.2. The van der Waals surface area contributed by atoms with Gasteiger partial charge in [0.2, 0.25) is 0 Å². The van der Waals surface area contributed by atoms with E-state index in [0.29, 0.717) is 30.5 Å². The molecule has 2 aliphatic heterocycles. The molecule has 3 unspecified atom stereocenters. The van der Waals surface area contributed by atoms with Crippen LogP contribution >= 0.6 is 0 Å². The number of hydrogen-bond donors (Lipinski definition) is 3. The van der Waals surface area contributed by atoms with Crippen LogP contribution in [0.4, 0.5) is 0 Å². The van der Waals surface area contributed by atoms with Gasteiger partial charge in [-0.2, -0.15) is 0 Å². The van der Waals surface area contributed by atoms with Crippen LogP contribution in [0.25, 0.3) is 0 Å². The molecule has 2 amide bonds. The number of rotatable bonds is 10. The Morgan fingerprint density at radius 1 is 0.971 bits per heavy atom. The molecule has 4 rings (SSSR count). The summed E-state index contributed by atoms with van der Waals surface area (Å²) in [4.78, 5) is 51.6. The molecule has 0 aliphatic carbocycles. The van der Waals surface area contributed by atoms with Gasteiger partial charge in [0.05, 0.1) is 17.7 Å². The second-order valence-electron chi connectivity index (χ2n) is 8.31. The summed E-state index contributed by atoms with van der Waals surface area (Å²) in [5.41, 5.74) is -0.381. The number of aliphatic hydroxyl groups excluding tert-OH is 2. The van der Waals surface area contributed by atoms with Crippen LogP contribution in [0, 0.1) is 0 Å². The number of aliphatic hydroxyl groups is 2. The first-order chi connectivity index (χ1) is 16.4. The predicted octanol–water partition coefficient (Wildman–Crippen LogP) is 0.0290. The van der Waals surface area contributed by atoms with E-state index in [1.54, 1.807) is 24.3 Å². The number of imide groups is 1. The average molecular weight is 473 g/mol. The van der Waals surface area contributed by atoms with Crippen LogP contribution in [0.3, 0.4) is 0 Å². The summed E-state index contributed by atoms with van der Waals surface area (Å²) in [5, 5.41) is 19.9. The lowest BCUT2D eigenvalue weighted by Crippen LogP contribution is -2.39. The third-order valence-corrected chi connectivity index (χ3v) is 6.08. The second-order valence-corrected chi connectivity index (χ2v) is 8.31. The number of fused-ring (bicyclic) bond motifs is 1. The molecule has 0 saturated carbocycles. The number of ether oxygens (including phenoxy) is 2. The smallest absolute Gasteiger partial charge is 0.330 e. The standard InChI is InChI=1S/C23H27N3O8/c27-13-16-18(29)19(22(34-16)26-11-9-17(28)24-23(26)32)33-12-6-2-1-5-10-25-20(30)14-7-3-4-8-15(14)21(25)31/h3-4,7-9,11,16,18-19,22,27,29H,1-2,5-6,10,12-13H2,(H,24,28,32)/t16?,18?,19?,22-/m1/s1. The number of nitrogens with zero attached hydrogens (tertiary/aromatic N) is 2. The van der Waals surface area contributed by atoms with Gasteiger partial charge in [0.15, 0.2) is 6.23 Å². The van der Waals surface area contributed by atoms with Gasteiger partial charge in [0.1, 0.15) is 18.3 Å². The Bertz CT molecular complexity index is 1120. The molecule has 34 heavy (non-hydrogen) atoms. The lowest BCUT2D eigenvalue weighted by atomic mass is 10.1. The minimum absolute atomic E-state index is 0.263. The van der Waals surface area contributed by atoms with Crippen molar-refractivity contribution >= 4 is 11.8 Å². The van der Waals surface area contributed by atoms with Gasteiger partial charge in [-0.15, -0.1) is 0 Å². The number of nitrogens with one attached hydrogen (secondary N) is 1. The summed E-state index contributed by atoms with van der Waals surface area (Å²) in [7, 11) is 0.